The summed E-state index contributed by atoms with van der Waals surface area (Å²) in [6, 6.07) is 7.67. The van der Waals surface area contributed by atoms with Gasteiger partial charge in [0.15, 0.2) is 0 Å². The minimum Gasteiger partial charge on any atom is -0.481 e. The van der Waals surface area contributed by atoms with Crippen molar-refractivity contribution in [1.29, 1.82) is 0 Å². The standard InChI is InChI=1S/C15H24N2O2/c1-10(2)8-11-4-6-12(7-5-11)15(17-3)13(16)9-14(18)19/h4-7,10,13,15,17H,8-9,16H2,1-3H3,(H,18,19). The zero-order valence-corrected chi connectivity index (χ0v) is 11.9. The van der Waals surface area contributed by atoms with Gasteiger partial charge >= 0.3 is 5.97 Å². The lowest BCUT2D eigenvalue weighted by Crippen LogP contribution is -2.37. The number of benzene rings is 1. The van der Waals surface area contributed by atoms with Crippen LogP contribution in [0.5, 0.6) is 0 Å². The van der Waals surface area contributed by atoms with E-state index < -0.39 is 12.0 Å². The van der Waals surface area contributed by atoms with E-state index >= 15 is 0 Å². The lowest BCUT2D eigenvalue weighted by Gasteiger charge is -2.23. The molecular formula is C15H24N2O2. The molecule has 0 radical (unpaired) electrons. The first-order valence-electron chi connectivity index (χ1n) is 6.67. The van der Waals surface area contributed by atoms with Gasteiger partial charge in [-0.15, -0.1) is 0 Å². The van der Waals surface area contributed by atoms with E-state index in [1.807, 2.05) is 12.1 Å². The molecule has 0 saturated carbocycles. The highest BCUT2D eigenvalue weighted by Gasteiger charge is 2.20. The van der Waals surface area contributed by atoms with Gasteiger partial charge < -0.3 is 16.2 Å². The maximum absolute atomic E-state index is 10.7. The van der Waals surface area contributed by atoms with Crippen LogP contribution in [0.25, 0.3) is 0 Å². The third-order valence-corrected chi connectivity index (χ3v) is 3.13. The van der Waals surface area contributed by atoms with E-state index in [4.69, 9.17) is 10.8 Å². The Labute approximate surface area is 115 Å². The van der Waals surface area contributed by atoms with Gasteiger partial charge in [0.05, 0.1) is 6.42 Å². The molecule has 1 aromatic carbocycles. The largest absolute Gasteiger partial charge is 0.481 e. The minimum absolute atomic E-state index is 0.0424. The van der Waals surface area contributed by atoms with Crippen molar-refractivity contribution in [2.24, 2.45) is 11.7 Å². The van der Waals surface area contributed by atoms with Gasteiger partial charge in [0, 0.05) is 12.1 Å². The second-order valence-electron chi connectivity index (χ2n) is 5.37. The number of nitrogens with one attached hydrogen (secondary N) is 1. The molecule has 0 saturated heterocycles. The fraction of sp³-hybridized carbons (Fsp3) is 0.533. The Kier molecular flexibility index (Phi) is 5.99. The van der Waals surface area contributed by atoms with Crippen LogP contribution >= 0.6 is 0 Å². The maximum Gasteiger partial charge on any atom is 0.304 e. The number of carboxylic acid groups (broad SMARTS) is 1. The molecule has 2 atom stereocenters. The Bertz CT molecular complexity index is 401. The summed E-state index contributed by atoms with van der Waals surface area (Å²) in [4.78, 5) is 10.7. The number of hydrogen-bond acceptors (Lipinski definition) is 3. The van der Waals surface area contributed by atoms with Crippen LogP contribution in [0.4, 0.5) is 0 Å². The van der Waals surface area contributed by atoms with Crippen LogP contribution in [0.2, 0.25) is 0 Å². The monoisotopic (exact) mass is 264 g/mol. The molecule has 0 amide bonds. The maximum atomic E-state index is 10.7. The zero-order valence-electron chi connectivity index (χ0n) is 11.9. The Balaban J connectivity index is 2.78. The topological polar surface area (TPSA) is 75.3 Å². The van der Waals surface area contributed by atoms with Crippen LogP contribution < -0.4 is 11.1 Å². The minimum atomic E-state index is -0.871. The predicted octanol–water partition coefficient (Wildman–Crippen LogP) is 1.95. The highest BCUT2D eigenvalue weighted by atomic mass is 16.4. The number of carboxylic acids is 1. The molecule has 106 valence electrons. The molecule has 0 aliphatic rings. The predicted molar refractivity (Wildman–Crippen MR) is 77.0 cm³/mol. The molecule has 4 N–H and O–H groups in total. The summed E-state index contributed by atoms with van der Waals surface area (Å²) in [6.07, 6.45) is 1.00. The van der Waals surface area contributed by atoms with Gasteiger partial charge in [-0.2, -0.15) is 0 Å². The summed E-state index contributed by atoms with van der Waals surface area (Å²) in [6.45, 7) is 4.38. The number of hydrogen-bond donors (Lipinski definition) is 3. The van der Waals surface area contributed by atoms with Crippen LogP contribution in [-0.4, -0.2) is 24.2 Å². The van der Waals surface area contributed by atoms with Crippen LogP contribution in [-0.2, 0) is 11.2 Å². The number of carbonyl (C=O) groups is 1. The lowest BCUT2D eigenvalue weighted by atomic mass is 9.95. The molecular weight excluding hydrogens is 240 g/mol. The summed E-state index contributed by atoms with van der Waals surface area (Å²) >= 11 is 0. The van der Waals surface area contributed by atoms with E-state index in [0.717, 1.165) is 12.0 Å². The zero-order chi connectivity index (χ0) is 14.4. The van der Waals surface area contributed by atoms with E-state index in [-0.39, 0.29) is 12.5 Å². The van der Waals surface area contributed by atoms with Crippen molar-refractivity contribution < 1.29 is 9.90 Å². The first-order chi connectivity index (χ1) is 8.93. The summed E-state index contributed by atoms with van der Waals surface area (Å²) in [5, 5.41) is 11.9. The van der Waals surface area contributed by atoms with Crippen LogP contribution in [0.3, 0.4) is 0 Å². The Morgan fingerprint density at radius 3 is 2.32 bits per heavy atom. The van der Waals surface area contributed by atoms with Crippen molar-refractivity contribution in [3.05, 3.63) is 35.4 Å². The third kappa shape index (κ3) is 5.01. The molecule has 19 heavy (non-hydrogen) atoms. The van der Waals surface area contributed by atoms with E-state index in [9.17, 15) is 4.79 Å². The Morgan fingerprint density at radius 1 is 1.32 bits per heavy atom. The van der Waals surface area contributed by atoms with E-state index in [0.29, 0.717) is 5.92 Å². The van der Waals surface area contributed by atoms with Crippen molar-refractivity contribution in [2.45, 2.75) is 38.8 Å². The molecule has 0 fully saturated rings. The molecule has 0 aliphatic carbocycles. The lowest BCUT2D eigenvalue weighted by molar-refractivity contribution is -0.137. The van der Waals surface area contributed by atoms with Gasteiger partial charge in [0.25, 0.3) is 0 Å². The van der Waals surface area contributed by atoms with E-state index in [2.05, 4.69) is 31.3 Å². The van der Waals surface area contributed by atoms with Gasteiger partial charge in [-0.3, -0.25) is 4.79 Å². The molecule has 4 heteroatoms. The number of nitrogens with two attached hydrogens (primary N) is 1. The normalized spacial score (nSPS) is 14.4. The molecule has 0 bridgehead atoms. The third-order valence-electron chi connectivity index (χ3n) is 3.13. The summed E-state index contributed by atoms with van der Waals surface area (Å²) in [5.74, 6) is -0.246. The van der Waals surface area contributed by atoms with E-state index in [1.54, 1.807) is 7.05 Å². The second kappa shape index (κ2) is 7.26. The fourth-order valence-electron chi connectivity index (χ4n) is 2.28. The van der Waals surface area contributed by atoms with Gasteiger partial charge in [-0.25, -0.2) is 0 Å². The van der Waals surface area contributed by atoms with Crippen LogP contribution in [0.1, 0.15) is 37.4 Å². The van der Waals surface area contributed by atoms with Crippen molar-refractivity contribution in [1.82, 2.24) is 5.32 Å². The van der Waals surface area contributed by atoms with Crippen LogP contribution in [0.15, 0.2) is 24.3 Å². The van der Waals surface area contributed by atoms with Gasteiger partial charge in [-0.1, -0.05) is 38.1 Å². The molecule has 1 aromatic rings. The van der Waals surface area contributed by atoms with Gasteiger partial charge in [-0.05, 0) is 30.5 Å². The summed E-state index contributed by atoms with van der Waals surface area (Å²) in [7, 11) is 1.80. The fourth-order valence-corrected chi connectivity index (χ4v) is 2.28. The average Bonchev–Trinajstić information content (AvgIpc) is 2.30. The number of likely N-dealkylation sites (N-methyl/N-ethyl adjacent to an activating group) is 1. The molecule has 1 rings (SSSR count). The summed E-state index contributed by atoms with van der Waals surface area (Å²) < 4.78 is 0. The van der Waals surface area contributed by atoms with Crippen LogP contribution in [0, 0.1) is 5.92 Å². The highest BCUT2D eigenvalue weighted by Crippen LogP contribution is 2.19. The first-order valence-corrected chi connectivity index (χ1v) is 6.67. The van der Waals surface area contributed by atoms with E-state index in [1.165, 1.54) is 5.56 Å². The number of aliphatic carboxylic acids is 1. The Morgan fingerprint density at radius 2 is 1.89 bits per heavy atom. The molecule has 0 spiro atoms. The number of rotatable bonds is 7. The quantitative estimate of drug-likeness (QED) is 0.703. The second-order valence-corrected chi connectivity index (χ2v) is 5.37. The highest BCUT2D eigenvalue weighted by molar-refractivity contribution is 5.67. The smallest absolute Gasteiger partial charge is 0.304 e. The van der Waals surface area contributed by atoms with Crippen molar-refractivity contribution >= 4 is 5.97 Å². The Hall–Kier alpha value is -1.39. The van der Waals surface area contributed by atoms with Crippen molar-refractivity contribution in [2.75, 3.05) is 7.05 Å². The van der Waals surface area contributed by atoms with Crippen molar-refractivity contribution in [3.63, 3.8) is 0 Å². The molecule has 0 aromatic heterocycles. The molecule has 2 unspecified atom stereocenters. The molecule has 4 nitrogen and oxygen atoms in total. The molecule has 0 heterocycles. The van der Waals surface area contributed by atoms with Gasteiger partial charge in [0.1, 0.15) is 0 Å². The van der Waals surface area contributed by atoms with Gasteiger partial charge in [0.2, 0.25) is 0 Å². The first kappa shape index (κ1) is 15.7. The SMILES string of the molecule is CNC(c1ccc(CC(C)C)cc1)C(N)CC(=O)O. The summed E-state index contributed by atoms with van der Waals surface area (Å²) in [5.41, 5.74) is 8.26. The average molecular weight is 264 g/mol. The molecule has 0 aliphatic heterocycles. The van der Waals surface area contributed by atoms with Crippen molar-refractivity contribution in [3.8, 4) is 0 Å².